The summed E-state index contributed by atoms with van der Waals surface area (Å²) < 4.78 is 19.1. The number of fused-ring (bicyclic) bond motifs is 1. The Kier molecular flexibility index (Phi) is 2.09. The molecule has 3 nitrogen and oxygen atoms in total. The number of amides is 1. The Morgan fingerprint density at radius 1 is 1.44 bits per heavy atom. The van der Waals surface area contributed by atoms with Gasteiger partial charge in [0.15, 0.2) is 0 Å². The van der Waals surface area contributed by atoms with Crippen LogP contribution in [0.1, 0.15) is 23.5 Å². The van der Waals surface area contributed by atoms with Crippen molar-refractivity contribution in [1.82, 2.24) is 5.32 Å². The van der Waals surface area contributed by atoms with Gasteiger partial charge < -0.3 is 10.1 Å². The second-order valence-electron chi connectivity index (χ2n) is 4.29. The van der Waals surface area contributed by atoms with Crippen molar-refractivity contribution in [1.29, 1.82) is 0 Å². The molecule has 3 rings (SSSR count). The van der Waals surface area contributed by atoms with Crippen molar-refractivity contribution < 1.29 is 13.9 Å². The molecular weight excluding hydrogens is 209 g/mol. The van der Waals surface area contributed by atoms with E-state index in [1.165, 1.54) is 6.07 Å². The molecule has 0 bridgehead atoms. The van der Waals surface area contributed by atoms with E-state index in [0.29, 0.717) is 30.9 Å². The average Bonchev–Trinajstić information content (AvgIpc) is 2.84. The van der Waals surface area contributed by atoms with Crippen LogP contribution >= 0.6 is 0 Å². The van der Waals surface area contributed by atoms with Gasteiger partial charge in [0.25, 0.3) is 0 Å². The summed E-state index contributed by atoms with van der Waals surface area (Å²) in [5.74, 6) is 0.361. The van der Waals surface area contributed by atoms with Gasteiger partial charge in [0.05, 0.1) is 6.61 Å². The summed E-state index contributed by atoms with van der Waals surface area (Å²) >= 11 is 0. The minimum atomic E-state index is -0.262. The highest BCUT2D eigenvalue weighted by Crippen LogP contribution is 2.33. The number of hydrogen-bond donors (Lipinski definition) is 1. The van der Waals surface area contributed by atoms with E-state index in [0.717, 1.165) is 12.0 Å². The fourth-order valence-corrected chi connectivity index (χ4v) is 2.36. The first-order valence-electron chi connectivity index (χ1n) is 5.46. The van der Waals surface area contributed by atoms with Crippen molar-refractivity contribution in [3.63, 3.8) is 0 Å². The number of halogens is 1. The van der Waals surface area contributed by atoms with Crippen LogP contribution in [0.5, 0.6) is 5.75 Å². The Hall–Kier alpha value is -1.58. The zero-order chi connectivity index (χ0) is 11.1. The van der Waals surface area contributed by atoms with E-state index in [2.05, 4.69) is 5.32 Å². The van der Waals surface area contributed by atoms with Crippen LogP contribution in [0, 0.1) is 5.82 Å². The largest absolute Gasteiger partial charge is 0.493 e. The predicted molar refractivity (Wildman–Crippen MR) is 56.0 cm³/mol. The first kappa shape index (κ1) is 9.63. The Bertz CT molecular complexity index is 459. The summed E-state index contributed by atoms with van der Waals surface area (Å²) in [5, 5.41) is 2.73. The highest BCUT2D eigenvalue weighted by molar-refractivity contribution is 5.79. The molecule has 0 radical (unpaired) electrons. The molecule has 2 aliphatic rings. The standard InChI is InChI=1S/C12H12FNO2/c13-10-5-11-7(1-2-16-11)3-9(10)8-4-12(15)14-6-8/h3,5,8H,1-2,4,6H2,(H,14,15)/t8-/m0/s1. The number of rotatable bonds is 1. The highest BCUT2D eigenvalue weighted by Gasteiger charge is 2.27. The van der Waals surface area contributed by atoms with Gasteiger partial charge in [-0.05, 0) is 17.2 Å². The summed E-state index contributed by atoms with van der Waals surface area (Å²) in [6.07, 6.45) is 1.22. The van der Waals surface area contributed by atoms with E-state index < -0.39 is 0 Å². The highest BCUT2D eigenvalue weighted by atomic mass is 19.1. The molecule has 0 aromatic heterocycles. The number of carbonyl (C=O) groups excluding carboxylic acids is 1. The molecule has 1 saturated heterocycles. The summed E-state index contributed by atoms with van der Waals surface area (Å²) in [7, 11) is 0. The van der Waals surface area contributed by atoms with Crippen LogP contribution in [0.25, 0.3) is 0 Å². The van der Waals surface area contributed by atoms with Gasteiger partial charge in [-0.15, -0.1) is 0 Å². The lowest BCUT2D eigenvalue weighted by molar-refractivity contribution is -0.119. The molecule has 4 heteroatoms. The van der Waals surface area contributed by atoms with Crippen LogP contribution in [0.4, 0.5) is 4.39 Å². The Morgan fingerprint density at radius 2 is 2.31 bits per heavy atom. The monoisotopic (exact) mass is 221 g/mol. The molecule has 1 amide bonds. The van der Waals surface area contributed by atoms with Crippen LogP contribution in [0.2, 0.25) is 0 Å². The topological polar surface area (TPSA) is 38.3 Å². The third-order valence-electron chi connectivity index (χ3n) is 3.23. The Morgan fingerprint density at radius 3 is 3.06 bits per heavy atom. The molecule has 0 aliphatic carbocycles. The molecule has 1 atom stereocenters. The lowest BCUT2D eigenvalue weighted by atomic mass is 9.95. The zero-order valence-electron chi connectivity index (χ0n) is 8.75. The van der Waals surface area contributed by atoms with Gasteiger partial charge in [0.2, 0.25) is 5.91 Å². The molecule has 84 valence electrons. The van der Waals surface area contributed by atoms with E-state index in [9.17, 15) is 9.18 Å². The van der Waals surface area contributed by atoms with Gasteiger partial charge in [-0.3, -0.25) is 4.79 Å². The predicted octanol–water partition coefficient (Wildman–Crippen LogP) is 1.36. The molecule has 2 aliphatic heterocycles. The van der Waals surface area contributed by atoms with Crippen molar-refractivity contribution in [3.05, 3.63) is 29.1 Å². The smallest absolute Gasteiger partial charge is 0.220 e. The number of nitrogens with one attached hydrogen (secondary N) is 1. The van der Waals surface area contributed by atoms with Crippen molar-refractivity contribution in [2.45, 2.75) is 18.8 Å². The Balaban J connectivity index is 1.98. The van der Waals surface area contributed by atoms with Crippen molar-refractivity contribution >= 4 is 5.91 Å². The lowest BCUT2D eigenvalue weighted by Gasteiger charge is -2.10. The van der Waals surface area contributed by atoms with Gasteiger partial charge in [-0.25, -0.2) is 4.39 Å². The molecular formula is C12H12FNO2. The van der Waals surface area contributed by atoms with Gasteiger partial charge in [0.1, 0.15) is 11.6 Å². The summed E-state index contributed by atoms with van der Waals surface area (Å²) in [6, 6.07) is 3.29. The number of ether oxygens (including phenoxy) is 1. The van der Waals surface area contributed by atoms with E-state index in [4.69, 9.17) is 4.74 Å². The van der Waals surface area contributed by atoms with Crippen molar-refractivity contribution in [3.8, 4) is 5.75 Å². The maximum Gasteiger partial charge on any atom is 0.220 e. The van der Waals surface area contributed by atoms with Crippen LogP contribution in [-0.4, -0.2) is 19.1 Å². The third-order valence-corrected chi connectivity index (χ3v) is 3.23. The number of benzene rings is 1. The van der Waals surface area contributed by atoms with Gasteiger partial charge in [0, 0.05) is 31.4 Å². The van der Waals surface area contributed by atoms with Crippen molar-refractivity contribution in [2.24, 2.45) is 0 Å². The normalized spacial score (nSPS) is 22.8. The molecule has 0 spiro atoms. The van der Waals surface area contributed by atoms with Gasteiger partial charge >= 0.3 is 0 Å². The second-order valence-corrected chi connectivity index (χ2v) is 4.29. The number of carbonyl (C=O) groups is 1. The fraction of sp³-hybridized carbons (Fsp3) is 0.417. The quantitative estimate of drug-likeness (QED) is 0.777. The molecule has 16 heavy (non-hydrogen) atoms. The second kappa shape index (κ2) is 3.47. The molecule has 1 N–H and O–H groups in total. The SMILES string of the molecule is O=C1C[C@H](c2cc3c(cc2F)OCC3)CN1. The van der Waals surface area contributed by atoms with Crippen LogP contribution < -0.4 is 10.1 Å². The average molecular weight is 221 g/mol. The van der Waals surface area contributed by atoms with Crippen LogP contribution in [0.15, 0.2) is 12.1 Å². The van der Waals surface area contributed by atoms with Gasteiger partial charge in [-0.2, -0.15) is 0 Å². The lowest BCUT2D eigenvalue weighted by Crippen LogP contribution is -2.13. The minimum absolute atomic E-state index is 0.00106. The fourth-order valence-electron chi connectivity index (χ4n) is 2.36. The molecule has 1 fully saturated rings. The first-order valence-corrected chi connectivity index (χ1v) is 5.46. The first-order chi connectivity index (χ1) is 7.74. The van der Waals surface area contributed by atoms with Crippen LogP contribution in [-0.2, 0) is 11.2 Å². The summed E-state index contributed by atoms with van der Waals surface area (Å²) in [5.41, 5.74) is 1.69. The van der Waals surface area contributed by atoms with Crippen molar-refractivity contribution in [2.75, 3.05) is 13.2 Å². The summed E-state index contributed by atoms with van der Waals surface area (Å²) in [6.45, 7) is 1.16. The maximum absolute atomic E-state index is 13.8. The molecule has 0 unspecified atom stereocenters. The van der Waals surface area contributed by atoms with Crippen LogP contribution in [0.3, 0.4) is 0 Å². The molecule has 1 aromatic carbocycles. The zero-order valence-corrected chi connectivity index (χ0v) is 8.75. The maximum atomic E-state index is 13.8. The third kappa shape index (κ3) is 1.45. The molecule has 1 aromatic rings. The summed E-state index contributed by atoms with van der Waals surface area (Å²) in [4.78, 5) is 11.1. The van der Waals surface area contributed by atoms with E-state index in [1.807, 2.05) is 6.07 Å². The molecule has 2 heterocycles. The Labute approximate surface area is 92.6 Å². The van der Waals surface area contributed by atoms with Gasteiger partial charge in [-0.1, -0.05) is 0 Å². The van der Waals surface area contributed by atoms with E-state index >= 15 is 0 Å². The minimum Gasteiger partial charge on any atom is -0.493 e. The molecule has 0 saturated carbocycles. The number of hydrogen-bond acceptors (Lipinski definition) is 2. The van der Waals surface area contributed by atoms with E-state index in [-0.39, 0.29) is 17.6 Å². The van der Waals surface area contributed by atoms with E-state index in [1.54, 1.807) is 0 Å².